The molecule has 0 unspecified atom stereocenters. The molecule has 1 heterocycles. The van der Waals surface area contributed by atoms with Gasteiger partial charge in [-0.15, -0.1) is 0 Å². The zero-order chi connectivity index (χ0) is 13.7. The largest absolute Gasteiger partial charge is 0.436 e. The summed E-state index contributed by atoms with van der Waals surface area (Å²) in [6.07, 6.45) is 4.30. The third-order valence-electron chi connectivity index (χ3n) is 2.28. The van der Waals surface area contributed by atoms with Gasteiger partial charge in [0.05, 0.1) is 16.9 Å². The molecule has 2 aromatic rings. The zero-order valence-corrected chi connectivity index (χ0v) is 13.5. The van der Waals surface area contributed by atoms with Crippen molar-refractivity contribution in [3.8, 4) is 11.6 Å². The average Bonchev–Trinajstić information content (AvgIpc) is 2.40. The molecule has 0 aliphatic rings. The molecule has 0 amide bonds. The minimum Gasteiger partial charge on any atom is -0.436 e. The molecule has 0 spiro atoms. The summed E-state index contributed by atoms with van der Waals surface area (Å²) < 4.78 is 7.54. The topological polar surface area (TPSA) is 47.0 Å². The number of rotatable bonds is 5. The van der Waals surface area contributed by atoms with E-state index in [1.807, 2.05) is 18.2 Å². The maximum absolute atomic E-state index is 5.70. The number of ether oxygens (including phenoxy) is 1. The van der Waals surface area contributed by atoms with Crippen LogP contribution in [0.15, 0.2) is 39.5 Å². The van der Waals surface area contributed by atoms with Crippen LogP contribution in [0.4, 0.5) is 5.82 Å². The Labute approximate surface area is 128 Å². The molecule has 0 aliphatic carbocycles. The highest BCUT2D eigenvalue weighted by molar-refractivity contribution is 9.11. The highest BCUT2D eigenvalue weighted by atomic mass is 79.9. The van der Waals surface area contributed by atoms with Gasteiger partial charge in [0, 0.05) is 11.0 Å². The normalized spacial score (nSPS) is 10.3. The van der Waals surface area contributed by atoms with Gasteiger partial charge in [-0.2, -0.15) is 4.98 Å². The van der Waals surface area contributed by atoms with Crippen molar-refractivity contribution in [1.29, 1.82) is 0 Å². The van der Waals surface area contributed by atoms with Crippen LogP contribution >= 0.6 is 31.9 Å². The second kappa shape index (κ2) is 6.86. The van der Waals surface area contributed by atoms with Crippen LogP contribution < -0.4 is 10.1 Å². The van der Waals surface area contributed by atoms with Crippen molar-refractivity contribution in [2.24, 2.45) is 0 Å². The van der Waals surface area contributed by atoms with Gasteiger partial charge in [0.1, 0.15) is 11.6 Å². The predicted molar refractivity (Wildman–Crippen MR) is 82.7 cm³/mol. The first kappa shape index (κ1) is 14.3. The summed E-state index contributed by atoms with van der Waals surface area (Å²) in [5.41, 5.74) is 0. The second-order valence-corrected chi connectivity index (χ2v) is 5.62. The fourth-order valence-corrected chi connectivity index (χ4v) is 2.53. The van der Waals surface area contributed by atoms with Gasteiger partial charge in [-0.25, -0.2) is 0 Å². The Morgan fingerprint density at radius 2 is 2.11 bits per heavy atom. The molecule has 0 saturated carbocycles. The van der Waals surface area contributed by atoms with Crippen molar-refractivity contribution in [2.45, 2.75) is 13.3 Å². The summed E-state index contributed by atoms with van der Waals surface area (Å²) in [6.45, 7) is 2.96. The van der Waals surface area contributed by atoms with E-state index >= 15 is 0 Å². The average molecular weight is 387 g/mol. The van der Waals surface area contributed by atoms with Crippen LogP contribution in [0.5, 0.6) is 11.6 Å². The first-order chi connectivity index (χ1) is 9.19. The van der Waals surface area contributed by atoms with Gasteiger partial charge < -0.3 is 10.1 Å². The molecule has 0 bridgehead atoms. The summed E-state index contributed by atoms with van der Waals surface area (Å²) in [4.78, 5) is 8.45. The van der Waals surface area contributed by atoms with Gasteiger partial charge in [-0.05, 0) is 40.5 Å². The van der Waals surface area contributed by atoms with Crippen LogP contribution in [0.2, 0.25) is 0 Å². The summed E-state index contributed by atoms with van der Waals surface area (Å²) in [5, 5.41) is 3.17. The van der Waals surface area contributed by atoms with Crippen molar-refractivity contribution in [1.82, 2.24) is 9.97 Å². The number of hydrogen-bond donors (Lipinski definition) is 1. The molecular formula is C13H13Br2N3O. The van der Waals surface area contributed by atoms with E-state index in [9.17, 15) is 0 Å². The van der Waals surface area contributed by atoms with Crippen LogP contribution in [0.25, 0.3) is 0 Å². The summed E-state index contributed by atoms with van der Waals surface area (Å²) >= 11 is 6.84. The Morgan fingerprint density at radius 3 is 2.84 bits per heavy atom. The van der Waals surface area contributed by atoms with Crippen molar-refractivity contribution in [3.63, 3.8) is 0 Å². The SMILES string of the molecule is CCCNc1cncc(Oc2ccc(Br)cc2Br)n1. The number of halogens is 2. The van der Waals surface area contributed by atoms with E-state index in [0.717, 1.165) is 21.9 Å². The van der Waals surface area contributed by atoms with Crippen LogP contribution in [0.3, 0.4) is 0 Å². The van der Waals surface area contributed by atoms with Crippen molar-refractivity contribution in [3.05, 3.63) is 39.5 Å². The van der Waals surface area contributed by atoms with Gasteiger partial charge in [0.25, 0.3) is 0 Å². The number of nitrogens with one attached hydrogen (secondary N) is 1. The van der Waals surface area contributed by atoms with E-state index in [-0.39, 0.29) is 0 Å². The molecule has 1 N–H and O–H groups in total. The Balaban J connectivity index is 2.14. The minimum atomic E-state index is 0.462. The Hall–Kier alpha value is -1.14. The van der Waals surface area contributed by atoms with Gasteiger partial charge >= 0.3 is 0 Å². The third-order valence-corrected chi connectivity index (χ3v) is 3.39. The standard InChI is InChI=1S/C13H13Br2N3O/c1-2-5-17-12-7-16-8-13(18-12)19-11-4-3-9(14)6-10(11)15/h3-4,6-8H,2,5H2,1H3,(H,17,18). The fraction of sp³-hybridized carbons (Fsp3) is 0.231. The molecular weight excluding hydrogens is 374 g/mol. The molecule has 1 aromatic carbocycles. The highest BCUT2D eigenvalue weighted by Gasteiger charge is 2.05. The van der Waals surface area contributed by atoms with Crippen molar-refractivity contribution < 1.29 is 4.74 Å². The summed E-state index contributed by atoms with van der Waals surface area (Å²) in [6, 6.07) is 5.69. The van der Waals surface area contributed by atoms with E-state index < -0.39 is 0 Å². The van der Waals surface area contributed by atoms with Crippen LogP contribution in [0, 0.1) is 0 Å². The van der Waals surface area contributed by atoms with E-state index in [4.69, 9.17) is 4.74 Å². The maximum atomic E-state index is 5.70. The van der Waals surface area contributed by atoms with Crippen LogP contribution in [-0.2, 0) is 0 Å². The Morgan fingerprint density at radius 1 is 1.26 bits per heavy atom. The lowest BCUT2D eigenvalue weighted by Gasteiger charge is -2.08. The monoisotopic (exact) mass is 385 g/mol. The highest BCUT2D eigenvalue weighted by Crippen LogP contribution is 2.31. The predicted octanol–water partition coefficient (Wildman–Crippen LogP) is 4.62. The molecule has 0 aliphatic heterocycles. The van der Waals surface area contributed by atoms with Crippen LogP contribution in [-0.4, -0.2) is 16.5 Å². The molecule has 6 heteroatoms. The number of hydrogen-bond acceptors (Lipinski definition) is 4. The molecule has 4 nitrogen and oxygen atoms in total. The molecule has 19 heavy (non-hydrogen) atoms. The maximum Gasteiger partial charge on any atom is 0.239 e. The van der Waals surface area contributed by atoms with Crippen molar-refractivity contribution >= 4 is 37.7 Å². The number of anilines is 1. The van der Waals surface area contributed by atoms with Gasteiger partial charge in [0.15, 0.2) is 0 Å². The lowest BCUT2D eigenvalue weighted by atomic mass is 10.3. The Bertz CT molecular complexity index is 563. The molecule has 0 saturated heterocycles. The first-order valence-corrected chi connectivity index (χ1v) is 7.46. The molecule has 0 radical (unpaired) electrons. The second-order valence-electron chi connectivity index (χ2n) is 3.85. The van der Waals surface area contributed by atoms with E-state index in [0.29, 0.717) is 17.4 Å². The van der Waals surface area contributed by atoms with Gasteiger partial charge in [-0.1, -0.05) is 22.9 Å². The molecule has 1 aromatic heterocycles. The molecule has 2 rings (SSSR count). The number of aromatic nitrogens is 2. The summed E-state index contributed by atoms with van der Waals surface area (Å²) in [5.74, 6) is 1.88. The lowest BCUT2D eigenvalue weighted by Crippen LogP contribution is -2.03. The third kappa shape index (κ3) is 4.18. The van der Waals surface area contributed by atoms with Gasteiger partial charge in [0.2, 0.25) is 5.88 Å². The van der Waals surface area contributed by atoms with E-state index in [1.54, 1.807) is 12.4 Å². The molecule has 100 valence electrons. The van der Waals surface area contributed by atoms with Crippen LogP contribution in [0.1, 0.15) is 13.3 Å². The lowest BCUT2D eigenvalue weighted by molar-refractivity contribution is 0.458. The van der Waals surface area contributed by atoms with Crippen molar-refractivity contribution in [2.75, 3.05) is 11.9 Å². The zero-order valence-electron chi connectivity index (χ0n) is 10.4. The Kier molecular flexibility index (Phi) is 5.15. The van der Waals surface area contributed by atoms with E-state index in [2.05, 4.69) is 54.1 Å². The summed E-state index contributed by atoms with van der Waals surface area (Å²) in [7, 11) is 0. The van der Waals surface area contributed by atoms with Gasteiger partial charge in [-0.3, -0.25) is 4.98 Å². The fourth-order valence-electron chi connectivity index (χ4n) is 1.41. The molecule has 0 fully saturated rings. The smallest absolute Gasteiger partial charge is 0.239 e. The minimum absolute atomic E-state index is 0.462. The number of benzene rings is 1. The number of nitrogens with zero attached hydrogens (tertiary/aromatic N) is 2. The molecule has 0 atom stereocenters. The quantitative estimate of drug-likeness (QED) is 0.814. The first-order valence-electron chi connectivity index (χ1n) is 5.88. The van der Waals surface area contributed by atoms with E-state index in [1.165, 1.54) is 0 Å².